The Bertz CT molecular complexity index is 536. The second-order valence-electron chi connectivity index (χ2n) is 5.22. The quantitative estimate of drug-likeness (QED) is 0.391. The SMILES string of the molecule is CC(C)c1c(NN)ncnc1NCCCCn1ccnc1. The first-order chi connectivity index (χ1) is 10.2. The second kappa shape index (κ2) is 7.58. The molecular formula is C14H23N7. The van der Waals surface area contributed by atoms with E-state index in [9.17, 15) is 0 Å². The third-order valence-electron chi connectivity index (χ3n) is 3.29. The summed E-state index contributed by atoms with van der Waals surface area (Å²) < 4.78 is 2.08. The van der Waals surface area contributed by atoms with E-state index >= 15 is 0 Å². The molecule has 114 valence electrons. The third kappa shape index (κ3) is 4.16. The van der Waals surface area contributed by atoms with E-state index in [0.29, 0.717) is 11.7 Å². The molecule has 2 heterocycles. The Morgan fingerprint density at radius 1 is 1.24 bits per heavy atom. The maximum atomic E-state index is 5.51. The fraction of sp³-hybridized carbons (Fsp3) is 0.500. The number of aromatic nitrogens is 4. The van der Waals surface area contributed by atoms with Crippen LogP contribution in [-0.2, 0) is 6.54 Å². The van der Waals surface area contributed by atoms with Crippen molar-refractivity contribution in [2.24, 2.45) is 5.84 Å². The normalized spacial score (nSPS) is 10.9. The minimum atomic E-state index is 0.297. The van der Waals surface area contributed by atoms with Crippen LogP contribution in [-0.4, -0.2) is 26.1 Å². The molecule has 0 fully saturated rings. The second-order valence-corrected chi connectivity index (χ2v) is 5.22. The Balaban J connectivity index is 1.85. The number of aryl methyl sites for hydroxylation is 1. The van der Waals surface area contributed by atoms with Gasteiger partial charge in [-0.05, 0) is 18.8 Å². The van der Waals surface area contributed by atoms with Crippen LogP contribution >= 0.6 is 0 Å². The molecule has 0 saturated heterocycles. The van der Waals surface area contributed by atoms with Gasteiger partial charge in [0.1, 0.15) is 18.0 Å². The minimum Gasteiger partial charge on any atom is -0.370 e. The van der Waals surface area contributed by atoms with Crippen molar-refractivity contribution >= 4 is 11.6 Å². The summed E-state index contributed by atoms with van der Waals surface area (Å²) in [7, 11) is 0. The zero-order valence-electron chi connectivity index (χ0n) is 12.6. The Hall–Kier alpha value is -2.15. The van der Waals surface area contributed by atoms with Gasteiger partial charge in [-0.2, -0.15) is 0 Å². The van der Waals surface area contributed by atoms with Crippen molar-refractivity contribution in [3.05, 3.63) is 30.6 Å². The molecule has 7 nitrogen and oxygen atoms in total. The van der Waals surface area contributed by atoms with Gasteiger partial charge in [0.15, 0.2) is 0 Å². The number of imidazole rings is 1. The third-order valence-corrected chi connectivity index (χ3v) is 3.29. The molecule has 0 amide bonds. The average Bonchev–Trinajstić information content (AvgIpc) is 2.99. The molecule has 0 spiro atoms. The first-order valence-corrected chi connectivity index (χ1v) is 7.23. The van der Waals surface area contributed by atoms with E-state index < -0.39 is 0 Å². The number of hydrogen-bond acceptors (Lipinski definition) is 6. The molecule has 21 heavy (non-hydrogen) atoms. The fourth-order valence-corrected chi connectivity index (χ4v) is 2.24. The minimum absolute atomic E-state index is 0.297. The number of unbranched alkanes of at least 4 members (excludes halogenated alkanes) is 1. The van der Waals surface area contributed by atoms with Gasteiger partial charge in [-0.25, -0.2) is 20.8 Å². The first kappa shape index (κ1) is 15.2. The van der Waals surface area contributed by atoms with Gasteiger partial charge in [-0.15, -0.1) is 0 Å². The van der Waals surface area contributed by atoms with Gasteiger partial charge in [-0.1, -0.05) is 13.8 Å². The molecule has 2 rings (SSSR count). The molecule has 2 aromatic rings. The largest absolute Gasteiger partial charge is 0.370 e. The van der Waals surface area contributed by atoms with E-state index in [2.05, 4.69) is 44.1 Å². The highest BCUT2D eigenvalue weighted by Gasteiger charge is 2.13. The van der Waals surface area contributed by atoms with Crippen LogP contribution in [0.4, 0.5) is 11.6 Å². The van der Waals surface area contributed by atoms with E-state index in [1.807, 2.05) is 12.5 Å². The molecule has 7 heteroatoms. The number of anilines is 2. The molecule has 0 aromatic carbocycles. The van der Waals surface area contributed by atoms with Crippen molar-refractivity contribution in [2.75, 3.05) is 17.3 Å². The van der Waals surface area contributed by atoms with Crippen LogP contribution in [0.5, 0.6) is 0 Å². The van der Waals surface area contributed by atoms with Crippen LogP contribution in [0.25, 0.3) is 0 Å². The molecule has 0 atom stereocenters. The molecule has 0 radical (unpaired) electrons. The smallest absolute Gasteiger partial charge is 0.148 e. The number of hydrazine groups is 1. The van der Waals surface area contributed by atoms with E-state index in [1.165, 1.54) is 6.33 Å². The van der Waals surface area contributed by atoms with Crippen molar-refractivity contribution in [2.45, 2.75) is 39.2 Å². The van der Waals surface area contributed by atoms with Crippen LogP contribution < -0.4 is 16.6 Å². The lowest BCUT2D eigenvalue weighted by molar-refractivity contribution is 0.620. The summed E-state index contributed by atoms with van der Waals surface area (Å²) in [6.45, 7) is 6.06. The Labute approximate surface area is 125 Å². The van der Waals surface area contributed by atoms with Gasteiger partial charge in [0.25, 0.3) is 0 Å². The van der Waals surface area contributed by atoms with Crippen LogP contribution in [0.2, 0.25) is 0 Å². The topological polar surface area (TPSA) is 93.7 Å². The van der Waals surface area contributed by atoms with Crippen molar-refractivity contribution < 1.29 is 0 Å². The summed E-state index contributed by atoms with van der Waals surface area (Å²) >= 11 is 0. The molecule has 0 unspecified atom stereocenters. The van der Waals surface area contributed by atoms with Crippen LogP contribution in [0.3, 0.4) is 0 Å². The number of hydrogen-bond donors (Lipinski definition) is 3. The molecule has 0 saturated carbocycles. The highest BCUT2D eigenvalue weighted by molar-refractivity contribution is 5.58. The maximum absolute atomic E-state index is 5.51. The predicted octanol–water partition coefficient (Wildman–Crippen LogP) is 1.97. The molecule has 0 bridgehead atoms. The number of rotatable bonds is 8. The number of nitrogens with two attached hydrogens (primary N) is 1. The summed E-state index contributed by atoms with van der Waals surface area (Å²) in [5.74, 6) is 7.35. The van der Waals surface area contributed by atoms with Gasteiger partial charge in [0.2, 0.25) is 0 Å². The lowest BCUT2D eigenvalue weighted by Gasteiger charge is -2.16. The van der Waals surface area contributed by atoms with E-state index in [-0.39, 0.29) is 0 Å². The monoisotopic (exact) mass is 289 g/mol. The van der Waals surface area contributed by atoms with Crippen molar-refractivity contribution in [1.82, 2.24) is 19.5 Å². The van der Waals surface area contributed by atoms with Gasteiger partial charge < -0.3 is 15.3 Å². The summed E-state index contributed by atoms with van der Waals surface area (Å²) in [6.07, 6.45) is 9.30. The summed E-state index contributed by atoms with van der Waals surface area (Å²) in [5, 5.41) is 3.38. The molecule has 0 aliphatic rings. The van der Waals surface area contributed by atoms with Gasteiger partial charge in [0.05, 0.1) is 6.33 Å². The summed E-state index contributed by atoms with van der Waals surface area (Å²) in [5.41, 5.74) is 3.66. The zero-order chi connectivity index (χ0) is 15.1. The van der Waals surface area contributed by atoms with Crippen LogP contribution in [0.1, 0.15) is 38.2 Å². The fourth-order valence-electron chi connectivity index (χ4n) is 2.24. The van der Waals surface area contributed by atoms with Crippen LogP contribution in [0, 0.1) is 0 Å². The van der Waals surface area contributed by atoms with Gasteiger partial charge in [-0.3, -0.25) is 0 Å². The molecule has 2 aromatic heterocycles. The predicted molar refractivity (Wildman–Crippen MR) is 83.9 cm³/mol. The molecule has 4 N–H and O–H groups in total. The van der Waals surface area contributed by atoms with E-state index in [1.54, 1.807) is 6.20 Å². The number of nitrogen functional groups attached to an aromatic ring is 1. The standard InChI is InChI=1S/C14H23N7/c1-11(2)12-13(18-9-19-14(12)20-15)17-5-3-4-7-21-8-6-16-10-21/h6,8-11H,3-5,7,15H2,1-2H3,(H2,17,18,19,20). The zero-order valence-corrected chi connectivity index (χ0v) is 12.6. The summed E-state index contributed by atoms with van der Waals surface area (Å²) in [4.78, 5) is 12.5. The van der Waals surface area contributed by atoms with Crippen molar-refractivity contribution in [3.63, 3.8) is 0 Å². The Morgan fingerprint density at radius 3 is 2.71 bits per heavy atom. The lowest BCUT2D eigenvalue weighted by atomic mass is 10.0. The average molecular weight is 289 g/mol. The van der Waals surface area contributed by atoms with Gasteiger partial charge in [0, 0.05) is 31.0 Å². The van der Waals surface area contributed by atoms with Crippen LogP contribution in [0.15, 0.2) is 25.0 Å². The molecular weight excluding hydrogens is 266 g/mol. The van der Waals surface area contributed by atoms with E-state index in [4.69, 9.17) is 5.84 Å². The summed E-state index contributed by atoms with van der Waals surface area (Å²) in [6, 6.07) is 0. The van der Waals surface area contributed by atoms with Crippen molar-refractivity contribution in [1.29, 1.82) is 0 Å². The van der Waals surface area contributed by atoms with Crippen molar-refractivity contribution in [3.8, 4) is 0 Å². The molecule has 0 aliphatic carbocycles. The maximum Gasteiger partial charge on any atom is 0.148 e. The highest BCUT2D eigenvalue weighted by Crippen LogP contribution is 2.27. The highest BCUT2D eigenvalue weighted by atomic mass is 15.3. The number of nitrogens with one attached hydrogen (secondary N) is 2. The molecule has 0 aliphatic heterocycles. The Morgan fingerprint density at radius 2 is 2.05 bits per heavy atom. The van der Waals surface area contributed by atoms with Gasteiger partial charge >= 0.3 is 0 Å². The van der Waals surface area contributed by atoms with E-state index in [0.717, 1.165) is 37.3 Å². The lowest BCUT2D eigenvalue weighted by Crippen LogP contribution is -2.15. The Kier molecular flexibility index (Phi) is 5.51. The first-order valence-electron chi connectivity index (χ1n) is 7.23. The number of nitrogens with zero attached hydrogens (tertiary/aromatic N) is 4.